The number of anilines is 2. The van der Waals surface area contributed by atoms with Gasteiger partial charge in [-0.3, -0.25) is 24.3 Å². The number of likely N-dealkylation sites (N-methyl/N-ethyl adjacent to an activating group) is 1. The fourth-order valence-electron chi connectivity index (χ4n) is 7.08. The molecule has 1 aromatic heterocycles. The third-order valence-electron chi connectivity index (χ3n) is 10.4. The minimum absolute atomic E-state index is 0.0318. The fraction of sp³-hybridized carbons (Fsp3) is 0.381. The highest BCUT2D eigenvalue weighted by atomic mass is 19.4. The van der Waals surface area contributed by atoms with E-state index >= 15 is 0 Å². The first kappa shape index (κ1) is 40.4. The number of methoxy groups -OCH3 is 1. The van der Waals surface area contributed by atoms with Gasteiger partial charge in [-0.1, -0.05) is 18.2 Å². The van der Waals surface area contributed by atoms with E-state index in [1.807, 2.05) is 19.1 Å². The number of pyridine rings is 1. The van der Waals surface area contributed by atoms with Crippen LogP contribution in [-0.2, 0) is 22.2 Å². The first-order valence-electron chi connectivity index (χ1n) is 18.7. The van der Waals surface area contributed by atoms with Crippen LogP contribution in [0.3, 0.4) is 0 Å². The molecule has 2 aliphatic rings. The molecule has 56 heavy (non-hydrogen) atoms. The highest BCUT2D eigenvalue weighted by Crippen LogP contribution is 2.36. The minimum atomic E-state index is -4.50. The molecule has 296 valence electrons. The molecule has 0 spiro atoms. The lowest BCUT2D eigenvalue weighted by atomic mass is 10.0. The largest absolute Gasteiger partial charge is 0.416 e. The van der Waals surface area contributed by atoms with E-state index in [4.69, 9.17) is 9.47 Å². The lowest BCUT2D eigenvalue weighted by molar-refractivity contribution is -0.137. The van der Waals surface area contributed by atoms with Crippen LogP contribution in [0.5, 0.6) is 0 Å². The number of carbonyl (C=O) groups is 3. The van der Waals surface area contributed by atoms with Crippen molar-refractivity contribution in [2.24, 2.45) is 0 Å². The fourth-order valence-corrected chi connectivity index (χ4v) is 7.08. The summed E-state index contributed by atoms with van der Waals surface area (Å²) in [6.07, 6.45) is -1.14. The zero-order valence-corrected chi connectivity index (χ0v) is 31.8. The first-order chi connectivity index (χ1) is 26.9. The van der Waals surface area contributed by atoms with Gasteiger partial charge in [-0.15, -0.1) is 0 Å². The SMILES string of the molecule is CO[C@H](C)[C@H]1CCCN1c1ccc(NC(=O)c2cccc(C(=O)N(C)CCN3CCOCC3)c2)c(-c2cc(C(=O)NCc3cccc(C(F)(F)F)c3)ccn2)c1. The molecular formula is C42H47F3N6O5. The van der Waals surface area contributed by atoms with Crippen LogP contribution in [0.2, 0.25) is 0 Å². The molecule has 11 nitrogen and oxygen atoms in total. The molecule has 2 fully saturated rings. The van der Waals surface area contributed by atoms with Crippen LogP contribution in [0, 0.1) is 0 Å². The van der Waals surface area contributed by atoms with Crippen LogP contribution in [-0.4, -0.2) is 105 Å². The van der Waals surface area contributed by atoms with Crippen molar-refractivity contribution >= 4 is 29.1 Å². The zero-order chi connectivity index (χ0) is 39.8. The van der Waals surface area contributed by atoms with Crippen LogP contribution in [0.25, 0.3) is 11.3 Å². The summed E-state index contributed by atoms with van der Waals surface area (Å²) in [7, 11) is 3.43. The number of nitrogens with one attached hydrogen (secondary N) is 2. The van der Waals surface area contributed by atoms with Crippen LogP contribution in [0.15, 0.2) is 85.1 Å². The molecule has 0 unspecified atom stereocenters. The van der Waals surface area contributed by atoms with Crippen molar-refractivity contribution in [3.8, 4) is 11.3 Å². The van der Waals surface area contributed by atoms with E-state index in [-0.39, 0.29) is 35.7 Å². The van der Waals surface area contributed by atoms with Gasteiger partial charge in [-0.2, -0.15) is 13.2 Å². The normalized spacial score (nSPS) is 16.7. The molecule has 3 aromatic carbocycles. The van der Waals surface area contributed by atoms with Gasteiger partial charge in [0.15, 0.2) is 0 Å². The number of hydrogen-bond donors (Lipinski definition) is 2. The van der Waals surface area contributed by atoms with Gasteiger partial charge in [0.25, 0.3) is 17.7 Å². The summed E-state index contributed by atoms with van der Waals surface area (Å²) in [5, 5.41) is 5.71. The van der Waals surface area contributed by atoms with E-state index in [0.717, 1.165) is 56.8 Å². The number of rotatable bonds is 13. The van der Waals surface area contributed by atoms with Crippen molar-refractivity contribution in [3.05, 3.63) is 113 Å². The summed E-state index contributed by atoms with van der Waals surface area (Å²) in [5.74, 6) is -1.14. The van der Waals surface area contributed by atoms with Crippen molar-refractivity contribution in [1.29, 1.82) is 0 Å². The maximum absolute atomic E-state index is 13.8. The van der Waals surface area contributed by atoms with Crippen molar-refractivity contribution in [1.82, 2.24) is 20.1 Å². The Bertz CT molecular complexity index is 2020. The molecule has 3 heterocycles. The third-order valence-corrected chi connectivity index (χ3v) is 10.4. The predicted molar refractivity (Wildman–Crippen MR) is 208 cm³/mol. The zero-order valence-electron chi connectivity index (χ0n) is 31.8. The van der Waals surface area contributed by atoms with Gasteiger partial charge in [0.1, 0.15) is 0 Å². The Morgan fingerprint density at radius 2 is 1.70 bits per heavy atom. The highest BCUT2D eigenvalue weighted by molar-refractivity contribution is 6.08. The molecule has 14 heteroatoms. The van der Waals surface area contributed by atoms with Crippen molar-refractivity contribution in [2.45, 2.75) is 44.6 Å². The number of alkyl halides is 3. The number of ether oxygens (including phenoxy) is 2. The topological polar surface area (TPSA) is 116 Å². The molecule has 3 amide bonds. The summed E-state index contributed by atoms with van der Waals surface area (Å²) in [6, 6.07) is 20.3. The third kappa shape index (κ3) is 9.91. The van der Waals surface area contributed by atoms with Gasteiger partial charge in [0.05, 0.1) is 42.3 Å². The molecule has 2 N–H and O–H groups in total. The average Bonchev–Trinajstić information content (AvgIpc) is 3.72. The summed E-state index contributed by atoms with van der Waals surface area (Å²) in [4.78, 5) is 51.3. The lowest BCUT2D eigenvalue weighted by Crippen LogP contribution is -2.41. The number of benzene rings is 3. The van der Waals surface area contributed by atoms with E-state index in [2.05, 4.69) is 25.4 Å². The maximum atomic E-state index is 13.8. The van der Waals surface area contributed by atoms with Gasteiger partial charge in [-0.05, 0) is 86.0 Å². The molecule has 0 bridgehead atoms. The Balaban J connectivity index is 1.24. The van der Waals surface area contributed by atoms with Crippen molar-refractivity contribution < 1.29 is 37.0 Å². The number of nitrogens with zero attached hydrogens (tertiary/aromatic N) is 4. The smallest absolute Gasteiger partial charge is 0.380 e. The van der Waals surface area contributed by atoms with Crippen LogP contribution >= 0.6 is 0 Å². The quantitative estimate of drug-likeness (QED) is 0.162. The second-order valence-corrected chi connectivity index (χ2v) is 14.1. The molecule has 0 radical (unpaired) electrons. The first-order valence-corrected chi connectivity index (χ1v) is 18.7. The molecule has 2 aliphatic heterocycles. The molecule has 6 rings (SSSR count). The van der Waals surface area contributed by atoms with Gasteiger partial charge in [0.2, 0.25) is 0 Å². The number of morpholine rings is 1. The lowest BCUT2D eigenvalue weighted by Gasteiger charge is -2.31. The number of hydrogen-bond acceptors (Lipinski definition) is 8. The highest BCUT2D eigenvalue weighted by Gasteiger charge is 2.31. The van der Waals surface area contributed by atoms with Crippen LogP contribution in [0.4, 0.5) is 24.5 Å². The number of amides is 3. The van der Waals surface area contributed by atoms with Crippen molar-refractivity contribution in [2.75, 3.05) is 70.3 Å². The molecule has 2 atom stereocenters. The van der Waals surface area contributed by atoms with Crippen LogP contribution in [0.1, 0.15) is 62.0 Å². The average molecular weight is 773 g/mol. The van der Waals surface area contributed by atoms with E-state index < -0.39 is 23.6 Å². The van der Waals surface area contributed by atoms with Gasteiger partial charge >= 0.3 is 6.18 Å². The predicted octanol–water partition coefficient (Wildman–Crippen LogP) is 6.36. The van der Waals surface area contributed by atoms with Gasteiger partial charge < -0.3 is 29.9 Å². The monoisotopic (exact) mass is 772 g/mol. The molecular weight excluding hydrogens is 725 g/mol. The maximum Gasteiger partial charge on any atom is 0.416 e. The van der Waals surface area contributed by atoms with E-state index in [1.165, 1.54) is 24.4 Å². The standard InChI is InChI=1S/C42H47F3N6O5/c1-28(55-3)38-11-6-16-51(38)34-12-13-36(48-40(53)30-8-5-9-32(24-30)41(54)49(2)17-18-50-19-21-56-22-20-50)35(26-34)37-25-31(14-15-46-37)39(52)47-27-29-7-4-10-33(23-29)42(43,44)45/h4-5,7-10,12-15,23-26,28,38H,6,11,16-22,27H2,1-3H3,(H,47,52)(H,48,53)/t28-,38-/m1/s1. The van der Waals surface area contributed by atoms with E-state index in [0.29, 0.717) is 47.8 Å². The summed E-state index contributed by atoms with van der Waals surface area (Å²) in [6.45, 7) is 6.96. The summed E-state index contributed by atoms with van der Waals surface area (Å²) >= 11 is 0. The second-order valence-electron chi connectivity index (χ2n) is 14.1. The van der Waals surface area contributed by atoms with E-state index in [9.17, 15) is 27.6 Å². The summed E-state index contributed by atoms with van der Waals surface area (Å²) < 4.78 is 50.9. The second kappa shape index (κ2) is 18.1. The van der Waals surface area contributed by atoms with E-state index in [1.54, 1.807) is 55.5 Å². The van der Waals surface area contributed by atoms with Gasteiger partial charge in [0, 0.05) is 87.6 Å². The Morgan fingerprint density at radius 1 is 0.946 bits per heavy atom. The Kier molecular flexibility index (Phi) is 13.0. The Labute approximate surface area is 324 Å². The molecule has 0 aliphatic carbocycles. The summed E-state index contributed by atoms with van der Waals surface area (Å²) in [5.41, 5.74) is 2.68. The minimum Gasteiger partial charge on any atom is -0.380 e. The van der Waals surface area contributed by atoms with Crippen molar-refractivity contribution in [3.63, 3.8) is 0 Å². The number of aromatic nitrogens is 1. The molecule has 4 aromatic rings. The van der Waals surface area contributed by atoms with Crippen LogP contribution < -0.4 is 15.5 Å². The van der Waals surface area contributed by atoms with Gasteiger partial charge in [-0.25, -0.2) is 0 Å². The Hall–Kier alpha value is -5.31. The Morgan fingerprint density at radius 3 is 2.46 bits per heavy atom. The molecule has 0 saturated carbocycles. The number of carbonyl (C=O) groups excluding carboxylic acids is 3. The molecule has 2 saturated heterocycles. The number of halogens is 3.